The lowest BCUT2D eigenvalue weighted by Gasteiger charge is -2.19. The number of aromatic carboxylic acids is 1. The zero-order valence-corrected chi connectivity index (χ0v) is 12.2. The van der Waals surface area contributed by atoms with E-state index >= 15 is 0 Å². The fourth-order valence-corrected chi connectivity index (χ4v) is 2.76. The standard InChI is InChI=1S/C17H20N2O2/c1-2-12(9-11-7-8-11)19-16-14-6-4-3-5-13(14)15(10-18-16)17(20)21/h3-6,10-12H,2,7-9H2,1H3,(H,18,19)(H,20,21). The number of hydrogen-bond acceptors (Lipinski definition) is 3. The third-order valence-corrected chi connectivity index (χ3v) is 4.17. The van der Waals surface area contributed by atoms with Crippen LogP contribution < -0.4 is 5.32 Å². The Balaban J connectivity index is 1.94. The Bertz CT molecular complexity index is 665. The quantitative estimate of drug-likeness (QED) is 0.844. The molecule has 0 aliphatic heterocycles. The van der Waals surface area contributed by atoms with Gasteiger partial charge in [0.1, 0.15) is 5.82 Å². The first-order valence-corrected chi connectivity index (χ1v) is 7.56. The van der Waals surface area contributed by atoms with Crippen molar-refractivity contribution in [2.24, 2.45) is 5.92 Å². The molecule has 0 amide bonds. The van der Waals surface area contributed by atoms with E-state index in [0.29, 0.717) is 6.04 Å². The van der Waals surface area contributed by atoms with E-state index in [9.17, 15) is 9.90 Å². The van der Waals surface area contributed by atoms with Gasteiger partial charge in [-0.2, -0.15) is 0 Å². The Morgan fingerprint density at radius 1 is 1.38 bits per heavy atom. The lowest BCUT2D eigenvalue weighted by molar-refractivity contribution is 0.0698. The molecule has 21 heavy (non-hydrogen) atoms. The van der Waals surface area contributed by atoms with Gasteiger partial charge in [0.05, 0.1) is 5.56 Å². The second kappa shape index (κ2) is 5.72. The molecule has 1 fully saturated rings. The summed E-state index contributed by atoms with van der Waals surface area (Å²) < 4.78 is 0. The molecule has 1 aromatic heterocycles. The maximum absolute atomic E-state index is 11.3. The highest BCUT2D eigenvalue weighted by atomic mass is 16.4. The van der Waals surface area contributed by atoms with Crippen LogP contribution in [0.1, 0.15) is 43.0 Å². The van der Waals surface area contributed by atoms with Crippen LogP contribution in [0.25, 0.3) is 10.8 Å². The second-order valence-electron chi connectivity index (χ2n) is 5.80. The highest BCUT2D eigenvalue weighted by Crippen LogP contribution is 2.35. The first kappa shape index (κ1) is 13.9. The normalized spacial score (nSPS) is 15.9. The Morgan fingerprint density at radius 2 is 2.10 bits per heavy atom. The van der Waals surface area contributed by atoms with Crippen LogP contribution in [0, 0.1) is 5.92 Å². The summed E-state index contributed by atoms with van der Waals surface area (Å²) in [6.07, 6.45) is 6.35. The third-order valence-electron chi connectivity index (χ3n) is 4.17. The molecule has 0 spiro atoms. The molecule has 0 saturated heterocycles. The molecule has 0 radical (unpaired) electrons. The number of carboxylic acid groups (broad SMARTS) is 1. The fourth-order valence-electron chi connectivity index (χ4n) is 2.76. The van der Waals surface area contributed by atoms with Crippen molar-refractivity contribution in [3.05, 3.63) is 36.0 Å². The number of fused-ring (bicyclic) bond motifs is 1. The number of hydrogen-bond donors (Lipinski definition) is 2. The maximum Gasteiger partial charge on any atom is 0.337 e. The monoisotopic (exact) mass is 284 g/mol. The summed E-state index contributed by atoms with van der Waals surface area (Å²) in [7, 11) is 0. The van der Waals surface area contributed by atoms with E-state index in [-0.39, 0.29) is 5.56 Å². The first-order valence-electron chi connectivity index (χ1n) is 7.56. The molecule has 1 atom stereocenters. The average molecular weight is 284 g/mol. The molecule has 0 bridgehead atoms. The summed E-state index contributed by atoms with van der Waals surface area (Å²) in [6, 6.07) is 7.96. The maximum atomic E-state index is 11.3. The van der Waals surface area contributed by atoms with Crippen molar-refractivity contribution >= 4 is 22.6 Å². The van der Waals surface area contributed by atoms with Crippen molar-refractivity contribution in [1.29, 1.82) is 0 Å². The van der Waals surface area contributed by atoms with Crippen molar-refractivity contribution in [3.8, 4) is 0 Å². The second-order valence-corrected chi connectivity index (χ2v) is 5.80. The van der Waals surface area contributed by atoms with Crippen molar-refractivity contribution in [2.45, 2.75) is 38.6 Å². The van der Waals surface area contributed by atoms with Crippen LogP contribution in [0.4, 0.5) is 5.82 Å². The van der Waals surface area contributed by atoms with Crippen LogP contribution in [-0.4, -0.2) is 22.1 Å². The highest BCUT2D eigenvalue weighted by Gasteiger charge is 2.25. The summed E-state index contributed by atoms with van der Waals surface area (Å²) in [5.41, 5.74) is 0.256. The van der Waals surface area contributed by atoms with Crippen LogP contribution in [0.2, 0.25) is 0 Å². The number of carboxylic acids is 1. The molecular weight excluding hydrogens is 264 g/mol. The lowest BCUT2D eigenvalue weighted by Crippen LogP contribution is -2.20. The van der Waals surface area contributed by atoms with Gasteiger partial charge < -0.3 is 10.4 Å². The summed E-state index contributed by atoms with van der Waals surface area (Å²) in [5.74, 6) is 0.713. The SMILES string of the molecule is CCC(CC1CC1)Nc1ncc(C(=O)O)c2ccccc12. The van der Waals surface area contributed by atoms with Crippen LogP contribution in [0.5, 0.6) is 0 Å². The van der Waals surface area contributed by atoms with Crippen LogP contribution in [-0.2, 0) is 0 Å². The summed E-state index contributed by atoms with van der Waals surface area (Å²) in [5, 5.41) is 14.4. The van der Waals surface area contributed by atoms with Crippen molar-refractivity contribution in [3.63, 3.8) is 0 Å². The molecule has 1 aromatic carbocycles. The molecule has 2 N–H and O–H groups in total. The minimum Gasteiger partial charge on any atom is -0.478 e. The van der Waals surface area contributed by atoms with Crippen LogP contribution in [0.15, 0.2) is 30.5 Å². The molecule has 1 saturated carbocycles. The van der Waals surface area contributed by atoms with Gasteiger partial charge >= 0.3 is 5.97 Å². The number of pyridine rings is 1. The lowest BCUT2D eigenvalue weighted by atomic mass is 10.0. The Hall–Kier alpha value is -2.10. The van der Waals surface area contributed by atoms with E-state index in [1.54, 1.807) is 0 Å². The molecular formula is C17H20N2O2. The first-order chi connectivity index (χ1) is 10.2. The number of benzene rings is 1. The van der Waals surface area contributed by atoms with Gasteiger partial charge in [0.25, 0.3) is 0 Å². The van der Waals surface area contributed by atoms with E-state index in [4.69, 9.17) is 0 Å². The van der Waals surface area contributed by atoms with Crippen molar-refractivity contribution < 1.29 is 9.90 Å². The van der Waals surface area contributed by atoms with E-state index in [0.717, 1.165) is 28.9 Å². The van der Waals surface area contributed by atoms with E-state index in [2.05, 4.69) is 17.2 Å². The zero-order chi connectivity index (χ0) is 14.8. The van der Waals surface area contributed by atoms with Crippen LogP contribution >= 0.6 is 0 Å². The Labute approximate surface area is 124 Å². The summed E-state index contributed by atoms with van der Waals surface area (Å²) in [6.45, 7) is 2.17. The summed E-state index contributed by atoms with van der Waals surface area (Å²) in [4.78, 5) is 15.6. The number of nitrogens with one attached hydrogen (secondary N) is 1. The largest absolute Gasteiger partial charge is 0.478 e. The fraction of sp³-hybridized carbons (Fsp3) is 0.412. The molecule has 4 nitrogen and oxygen atoms in total. The third kappa shape index (κ3) is 2.99. The molecule has 1 aliphatic carbocycles. The Kier molecular flexibility index (Phi) is 3.78. The van der Waals surface area contributed by atoms with Crippen molar-refractivity contribution in [1.82, 2.24) is 4.98 Å². The predicted octanol–water partition coefficient (Wildman–Crippen LogP) is 3.92. The zero-order valence-electron chi connectivity index (χ0n) is 12.2. The molecule has 1 heterocycles. The van der Waals surface area contributed by atoms with Crippen molar-refractivity contribution in [2.75, 3.05) is 5.32 Å². The minimum atomic E-state index is -0.935. The van der Waals surface area contributed by atoms with Gasteiger partial charge in [-0.3, -0.25) is 0 Å². The van der Waals surface area contributed by atoms with Crippen LogP contribution in [0.3, 0.4) is 0 Å². The van der Waals surface area contributed by atoms with Gasteiger partial charge in [-0.1, -0.05) is 44.0 Å². The van der Waals surface area contributed by atoms with Gasteiger partial charge in [0.15, 0.2) is 0 Å². The molecule has 110 valence electrons. The van der Waals surface area contributed by atoms with Gasteiger partial charge in [0, 0.05) is 23.0 Å². The van der Waals surface area contributed by atoms with E-state index < -0.39 is 5.97 Å². The molecule has 2 aromatic rings. The number of nitrogens with zero attached hydrogens (tertiary/aromatic N) is 1. The van der Waals surface area contributed by atoms with Gasteiger partial charge in [-0.05, 0) is 18.8 Å². The average Bonchev–Trinajstić information content (AvgIpc) is 3.30. The highest BCUT2D eigenvalue weighted by molar-refractivity contribution is 6.06. The number of rotatable bonds is 6. The van der Waals surface area contributed by atoms with Gasteiger partial charge in [-0.15, -0.1) is 0 Å². The van der Waals surface area contributed by atoms with Gasteiger partial charge in [-0.25, -0.2) is 9.78 Å². The molecule has 3 rings (SSSR count). The minimum absolute atomic E-state index is 0.256. The Morgan fingerprint density at radius 3 is 2.71 bits per heavy atom. The smallest absolute Gasteiger partial charge is 0.337 e. The summed E-state index contributed by atoms with van der Waals surface area (Å²) >= 11 is 0. The van der Waals surface area contributed by atoms with E-state index in [1.165, 1.54) is 25.5 Å². The predicted molar refractivity (Wildman–Crippen MR) is 83.7 cm³/mol. The van der Waals surface area contributed by atoms with Gasteiger partial charge in [0.2, 0.25) is 0 Å². The number of aromatic nitrogens is 1. The molecule has 1 aliphatic rings. The van der Waals surface area contributed by atoms with E-state index in [1.807, 2.05) is 24.3 Å². The number of carbonyl (C=O) groups is 1. The topological polar surface area (TPSA) is 62.2 Å². The molecule has 4 heteroatoms. The molecule has 1 unspecified atom stereocenters. The number of anilines is 1.